The van der Waals surface area contributed by atoms with Gasteiger partial charge in [0.05, 0.1) is 16.0 Å². The second-order valence-electron chi connectivity index (χ2n) is 6.62. The third kappa shape index (κ3) is 3.33. The number of rotatable bonds is 3. The van der Waals surface area contributed by atoms with E-state index in [-0.39, 0.29) is 29.6 Å². The molecule has 4 nitrogen and oxygen atoms in total. The lowest BCUT2D eigenvalue weighted by molar-refractivity contribution is -0.148. The van der Waals surface area contributed by atoms with E-state index in [1.807, 2.05) is 24.0 Å². The summed E-state index contributed by atoms with van der Waals surface area (Å²) in [5.41, 5.74) is 1.05. The van der Waals surface area contributed by atoms with Crippen LogP contribution in [0, 0.1) is 17.8 Å². The molecule has 1 aromatic rings. The second kappa shape index (κ2) is 6.33. The highest BCUT2D eigenvalue weighted by atomic mass is 35.5. The first-order valence-corrected chi connectivity index (χ1v) is 8.60. The molecule has 1 heterocycles. The van der Waals surface area contributed by atoms with Gasteiger partial charge in [-0.05, 0) is 42.4 Å². The van der Waals surface area contributed by atoms with Crippen molar-refractivity contribution in [1.29, 1.82) is 0 Å². The number of carboxylic acids is 1. The van der Waals surface area contributed by atoms with E-state index in [1.54, 1.807) is 6.07 Å². The van der Waals surface area contributed by atoms with Gasteiger partial charge in [-0.1, -0.05) is 36.2 Å². The summed E-state index contributed by atoms with van der Waals surface area (Å²) in [6, 6.07) is 5.52. The van der Waals surface area contributed by atoms with Gasteiger partial charge >= 0.3 is 5.97 Å². The molecule has 1 amide bonds. The van der Waals surface area contributed by atoms with Gasteiger partial charge in [-0.15, -0.1) is 0 Å². The van der Waals surface area contributed by atoms with Crippen molar-refractivity contribution in [3.63, 3.8) is 0 Å². The van der Waals surface area contributed by atoms with E-state index >= 15 is 0 Å². The van der Waals surface area contributed by atoms with Crippen molar-refractivity contribution >= 4 is 35.1 Å². The molecule has 0 bridgehead atoms. The van der Waals surface area contributed by atoms with E-state index in [0.29, 0.717) is 29.6 Å². The second-order valence-corrected chi connectivity index (χ2v) is 7.43. The molecule has 1 aliphatic heterocycles. The normalized spacial score (nSPS) is 30.1. The fraction of sp³-hybridized carbons (Fsp3) is 0.529. The van der Waals surface area contributed by atoms with Crippen molar-refractivity contribution in [3.8, 4) is 0 Å². The van der Waals surface area contributed by atoms with Gasteiger partial charge in [-0.3, -0.25) is 9.59 Å². The van der Waals surface area contributed by atoms with Gasteiger partial charge in [0.15, 0.2) is 0 Å². The van der Waals surface area contributed by atoms with Crippen LogP contribution in [0.5, 0.6) is 0 Å². The Morgan fingerprint density at radius 2 is 1.96 bits per heavy atom. The van der Waals surface area contributed by atoms with Gasteiger partial charge in [-0.2, -0.15) is 0 Å². The Labute approximate surface area is 145 Å². The minimum absolute atomic E-state index is 0.00706. The van der Waals surface area contributed by atoms with E-state index in [1.165, 1.54) is 0 Å². The Balaban J connectivity index is 1.62. The minimum Gasteiger partial charge on any atom is -0.481 e. The van der Waals surface area contributed by atoms with Crippen molar-refractivity contribution in [1.82, 2.24) is 4.90 Å². The highest BCUT2D eigenvalue weighted by Crippen LogP contribution is 2.49. The number of piperidine rings is 1. The molecule has 2 aliphatic rings. The molecule has 4 unspecified atom stereocenters. The number of amides is 1. The average molecular weight is 356 g/mol. The summed E-state index contributed by atoms with van der Waals surface area (Å²) in [5.74, 6) is -0.788. The minimum atomic E-state index is -0.760. The number of carbonyl (C=O) groups excluding carboxylic acids is 1. The maximum atomic E-state index is 12.6. The lowest BCUT2D eigenvalue weighted by Crippen LogP contribution is -2.45. The summed E-state index contributed by atoms with van der Waals surface area (Å²) in [6.07, 6.45) is 1.36. The predicted molar refractivity (Wildman–Crippen MR) is 88.8 cm³/mol. The van der Waals surface area contributed by atoms with Crippen LogP contribution >= 0.6 is 23.2 Å². The van der Waals surface area contributed by atoms with Gasteiger partial charge < -0.3 is 10.0 Å². The molecule has 1 saturated carbocycles. The Bertz CT molecular complexity index is 649. The summed E-state index contributed by atoms with van der Waals surface area (Å²) in [4.78, 5) is 25.6. The highest BCUT2D eigenvalue weighted by Gasteiger charge is 2.47. The first-order chi connectivity index (χ1) is 10.9. The number of likely N-dealkylation sites (tertiary alicyclic amines) is 1. The first-order valence-electron chi connectivity index (χ1n) is 7.85. The highest BCUT2D eigenvalue weighted by molar-refractivity contribution is 6.42. The van der Waals surface area contributed by atoms with Crippen molar-refractivity contribution in [2.24, 2.45) is 17.8 Å². The molecular weight excluding hydrogens is 337 g/mol. The summed E-state index contributed by atoms with van der Waals surface area (Å²) >= 11 is 12.0. The predicted octanol–water partition coefficient (Wildman–Crippen LogP) is 3.67. The molecule has 1 saturated heterocycles. The van der Waals surface area contributed by atoms with Crippen LogP contribution in [0.1, 0.15) is 31.2 Å². The molecule has 23 heavy (non-hydrogen) atoms. The molecule has 0 radical (unpaired) electrons. The van der Waals surface area contributed by atoms with Crippen LogP contribution in [0.2, 0.25) is 10.0 Å². The largest absolute Gasteiger partial charge is 0.481 e. The molecule has 1 aliphatic carbocycles. The molecule has 2 fully saturated rings. The summed E-state index contributed by atoms with van der Waals surface area (Å²) in [6.45, 7) is 2.96. The average Bonchev–Trinajstić information content (AvgIpc) is 3.29. The van der Waals surface area contributed by atoms with E-state index in [4.69, 9.17) is 28.3 Å². The molecule has 3 rings (SSSR count). The van der Waals surface area contributed by atoms with Crippen LogP contribution in [0.3, 0.4) is 0 Å². The number of aliphatic carboxylic acids is 1. The van der Waals surface area contributed by atoms with Crippen LogP contribution in [0.4, 0.5) is 0 Å². The Kier molecular flexibility index (Phi) is 4.56. The van der Waals surface area contributed by atoms with Crippen LogP contribution in [0.25, 0.3) is 0 Å². The fourth-order valence-corrected chi connectivity index (χ4v) is 3.83. The zero-order valence-corrected chi connectivity index (χ0v) is 14.3. The smallest absolute Gasteiger partial charge is 0.306 e. The van der Waals surface area contributed by atoms with E-state index < -0.39 is 5.97 Å². The number of carbonyl (C=O) groups is 2. The third-order valence-corrected chi connectivity index (χ3v) is 5.75. The van der Waals surface area contributed by atoms with Crippen LogP contribution in [0.15, 0.2) is 18.2 Å². The summed E-state index contributed by atoms with van der Waals surface area (Å²) in [7, 11) is 0. The molecule has 1 N–H and O–H groups in total. The van der Waals surface area contributed by atoms with Crippen molar-refractivity contribution < 1.29 is 14.7 Å². The lowest BCUT2D eigenvalue weighted by Gasteiger charge is -2.35. The summed E-state index contributed by atoms with van der Waals surface area (Å²) < 4.78 is 0. The van der Waals surface area contributed by atoms with Gasteiger partial charge in [0.2, 0.25) is 5.91 Å². The molecule has 1 aromatic carbocycles. The number of nitrogens with zero attached hydrogens (tertiary/aromatic N) is 1. The Morgan fingerprint density at radius 1 is 1.22 bits per heavy atom. The van der Waals surface area contributed by atoms with Gasteiger partial charge in [0.1, 0.15) is 0 Å². The van der Waals surface area contributed by atoms with Gasteiger partial charge in [0.25, 0.3) is 0 Å². The third-order valence-electron chi connectivity index (χ3n) is 5.01. The number of benzene rings is 1. The topological polar surface area (TPSA) is 57.6 Å². The first kappa shape index (κ1) is 16.6. The van der Waals surface area contributed by atoms with Crippen molar-refractivity contribution in [2.75, 3.05) is 13.1 Å². The number of hydrogen-bond acceptors (Lipinski definition) is 2. The quantitative estimate of drug-likeness (QED) is 0.899. The SMILES string of the molecule is CC1CN(C(=O)C2CC2c2ccc(Cl)c(Cl)c2)CCC1C(=O)O. The number of hydrogen-bond donors (Lipinski definition) is 1. The van der Waals surface area contributed by atoms with Gasteiger partial charge in [-0.25, -0.2) is 0 Å². The number of halogens is 2. The maximum absolute atomic E-state index is 12.6. The maximum Gasteiger partial charge on any atom is 0.306 e. The van der Waals surface area contributed by atoms with Crippen LogP contribution in [-0.4, -0.2) is 35.0 Å². The van der Waals surface area contributed by atoms with E-state index in [9.17, 15) is 9.59 Å². The van der Waals surface area contributed by atoms with Gasteiger partial charge in [0, 0.05) is 19.0 Å². The van der Waals surface area contributed by atoms with Crippen LogP contribution < -0.4 is 0 Å². The van der Waals surface area contributed by atoms with E-state index in [2.05, 4.69) is 0 Å². The fourth-order valence-electron chi connectivity index (χ4n) is 3.53. The van der Waals surface area contributed by atoms with Crippen LogP contribution in [-0.2, 0) is 9.59 Å². The summed E-state index contributed by atoms with van der Waals surface area (Å²) in [5, 5.41) is 10.2. The molecule has 124 valence electrons. The van der Waals surface area contributed by atoms with E-state index in [0.717, 1.165) is 12.0 Å². The Hall–Kier alpha value is -1.26. The molecule has 0 aromatic heterocycles. The van der Waals surface area contributed by atoms with Crippen molar-refractivity contribution in [2.45, 2.75) is 25.7 Å². The molecular formula is C17H19Cl2NO3. The number of carboxylic acid groups (broad SMARTS) is 1. The molecule has 0 spiro atoms. The molecule has 4 atom stereocenters. The lowest BCUT2D eigenvalue weighted by atomic mass is 9.87. The Morgan fingerprint density at radius 3 is 2.57 bits per heavy atom. The monoisotopic (exact) mass is 355 g/mol. The van der Waals surface area contributed by atoms with Crippen molar-refractivity contribution in [3.05, 3.63) is 33.8 Å². The zero-order chi connectivity index (χ0) is 16.7. The zero-order valence-electron chi connectivity index (χ0n) is 12.8. The molecule has 6 heteroatoms. The standard InChI is InChI=1S/C17H19Cl2NO3/c1-9-8-20(5-4-11(9)17(22)23)16(21)13-7-12(13)10-2-3-14(18)15(19)6-10/h2-3,6,9,11-13H,4-5,7-8H2,1H3,(H,22,23).